The van der Waals surface area contributed by atoms with Crippen molar-refractivity contribution >= 4 is 11.8 Å². The van der Waals surface area contributed by atoms with Gasteiger partial charge in [-0.25, -0.2) is 4.79 Å². The van der Waals surface area contributed by atoms with Crippen molar-refractivity contribution in [1.82, 2.24) is 0 Å². The first kappa shape index (κ1) is 12.5. The summed E-state index contributed by atoms with van der Waals surface area (Å²) in [5.74, 6) is 0.808. The number of anilines is 1. The predicted octanol–water partition coefficient (Wildman–Crippen LogP) is 2.77. The van der Waals surface area contributed by atoms with Gasteiger partial charge in [0.15, 0.2) is 0 Å². The van der Waals surface area contributed by atoms with Gasteiger partial charge in [-0.1, -0.05) is 12.7 Å². The molecule has 1 amide bonds. The number of nitrogens with zero attached hydrogens (tertiary/aromatic N) is 1. The summed E-state index contributed by atoms with van der Waals surface area (Å²) in [5, 5.41) is 0. The number of hydrogen-bond acceptors (Lipinski definition) is 3. The Hall–Kier alpha value is -1.97. The molecule has 4 nitrogen and oxygen atoms in total. The lowest BCUT2D eigenvalue weighted by atomic mass is 10.1. The van der Waals surface area contributed by atoms with Crippen LogP contribution >= 0.6 is 0 Å². The third-order valence-corrected chi connectivity index (χ3v) is 3.02. The normalized spacial score (nSPS) is 17.2. The third kappa shape index (κ3) is 2.18. The van der Waals surface area contributed by atoms with Gasteiger partial charge in [0.1, 0.15) is 12.4 Å². The minimum absolute atomic E-state index is 0.101. The number of methoxy groups -OCH3 is 1. The molecule has 1 aliphatic heterocycles. The molecule has 1 heterocycles. The SMILES string of the molecule is C=CCOC(=O)N1c2ccc(OC)cc2C[C@H]1C. The molecule has 1 aromatic rings. The first-order chi connectivity index (χ1) is 8.67. The summed E-state index contributed by atoms with van der Waals surface area (Å²) in [6, 6.07) is 5.81. The summed E-state index contributed by atoms with van der Waals surface area (Å²) in [6.07, 6.45) is 2.05. The van der Waals surface area contributed by atoms with Crippen molar-refractivity contribution in [3.63, 3.8) is 0 Å². The molecule has 0 spiro atoms. The second-order valence-corrected chi connectivity index (χ2v) is 4.28. The monoisotopic (exact) mass is 247 g/mol. The van der Waals surface area contributed by atoms with E-state index in [0.29, 0.717) is 0 Å². The van der Waals surface area contributed by atoms with Crippen LogP contribution in [0.1, 0.15) is 12.5 Å². The molecule has 0 saturated carbocycles. The van der Waals surface area contributed by atoms with Gasteiger partial charge in [-0.15, -0.1) is 0 Å². The van der Waals surface area contributed by atoms with Gasteiger partial charge in [-0.05, 0) is 37.1 Å². The van der Waals surface area contributed by atoms with E-state index >= 15 is 0 Å². The zero-order valence-electron chi connectivity index (χ0n) is 10.7. The molecular formula is C14H17NO3. The van der Waals surface area contributed by atoms with Crippen molar-refractivity contribution in [3.8, 4) is 5.75 Å². The van der Waals surface area contributed by atoms with Gasteiger partial charge in [0.2, 0.25) is 0 Å². The molecule has 0 aliphatic carbocycles. The molecule has 2 rings (SSSR count). The zero-order chi connectivity index (χ0) is 13.1. The molecule has 0 fully saturated rings. The summed E-state index contributed by atoms with van der Waals surface area (Å²) in [6.45, 7) is 5.76. The van der Waals surface area contributed by atoms with E-state index in [4.69, 9.17) is 9.47 Å². The zero-order valence-corrected chi connectivity index (χ0v) is 10.7. The highest BCUT2D eigenvalue weighted by atomic mass is 16.6. The first-order valence-corrected chi connectivity index (χ1v) is 5.91. The number of carbonyl (C=O) groups is 1. The fraction of sp³-hybridized carbons (Fsp3) is 0.357. The lowest BCUT2D eigenvalue weighted by molar-refractivity contribution is 0.164. The number of fused-ring (bicyclic) bond motifs is 1. The van der Waals surface area contributed by atoms with E-state index in [2.05, 4.69) is 6.58 Å². The van der Waals surface area contributed by atoms with E-state index in [1.807, 2.05) is 25.1 Å². The maximum absolute atomic E-state index is 12.0. The van der Waals surface area contributed by atoms with Crippen LogP contribution in [0.5, 0.6) is 5.75 Å². The van der Waals surface area contributed by atoms with Crippen molar-refractivity contribution in [2.45, 2.75) is 19.4 Å². The van der Waals surface area contributed by atoms with Gasteiger partial charge in [-0.2, -0.15) is 0 Å². The second-order valence-electron chi connectivity index (χ2n) is 4.28. The Kier molecular flexibility index (Phi) is 3.55. The van der Waals surface area contributed by atoms with E-state index in [1.165, 1.54) is 0 Å². The number of ether oxygens (including phenoxy) is 2. The Bertz CT molecular complexity index is 470. The van der Waals surface area contributed by atoms with E-state index in [9.17, 15) is 4.79 Å². The van der Waals surface area contributed by atoms with E-state index in [1.54, 1.807) is 18.1 Å². The smallest absolute Gasteiger partial charge is 0.414 e. The summed E-state index contributed by atoms with van der Waals surface area (Å²) < 4.78 is 10.3. The van der Waals surface area contributed by atoms with Crippen LogP contribution in [0.25, 0.3) is 0 Å². The average molecular weight is 247 g/mol. The predicted molar refractivity (Wildman–Crippen MR) is 70.2 cm³/mol. The van der Waals surface area contributed by atoms with Gasteiger partial charge in [0.25, 0.3) is 0 Å². The second kappa shape index (κ2) is 5.12. The van der Waals surface area contributed by atoms with Gasteiger partial charge >= 0.3 is 6.09 Å². The van der Waals surface area contributed by atoms with Crippen molar-refractivity contribution < 1.29 is 14.3 Å². The fourth-order valence-electron chi connectivity index (χ4n) is 2.21. The van der Waals surface area contributed by atoms with Crippen LogP contribution < -0.4 is 9.64 Å². The lowest BCUT2D eigenvalue weighted by Crippen LogP contribution is -2.36. The van der Waals surface area contributed by atoms with Crippen molar-refractivity contribution in [2.24, 2.45) is 0 Å². The number of carbonyl (C=O) groups excluding carboxylic acids is 1. The molecule has 0 radical (unpaired) electrons. The molecule has 18 heavy (non-hydrogen) atoms. The van der Waals surface area contributed by atoms with Crippen LogP contribution in [0.3, 0.4) is 0 Å². The van der Waals surface area contributed by atoms with E-state index < -0.39 is 0 Å². The van der Waals surface area contributed by atoms with Crippen molar-refractivity contribution in [3.05, 3.63) is 36.4 Å². The highest BCUT2D eigenvalue weighted by Crippen LogP contribution is 2.35. The molecule has 0 unspecified atom stereocenters. The third-order valence-electron chi connectivity index (χ3n) is 3.02. The van der Waals surface area contributed by atoms with Gasteiger partial charge < -0.3 is 9.47 Å². The highest BCUT2D eigenvalue weighted by molar-refractivity contribution is 5.91. The molecule has 0 saturated heterocycles. The molecular weight excluding hydrogens is 230 g/mol. The van der Waals surface area contributed by atoms with Crippen LogP contribution in [-0.4, -0.2) is 25.9 Å². The molecule has 0 aromatic heterocycles. The Morgan fingerprint density at radius 2 is 2.39 bits per heavy atom. The molecule has 1 atom stereocenters. The number of amides is 1. The van der Waals surface area contributed by atoms with Crippen LogP contribution in [0, 0.1) is 0 Å². The summed E-state index contributed by atoms with van der Waals surface area (Å²) in [7, 11) is 1.64. The van der Waals surface area contributed by atoms with Crippen molar-refractivity contribution in [1.29, 1.82) is 0 Å². The summed E-state index contributed by atoms with van der Waals surface area (Å²) in [5.41, 5.74) is 2.01. The molecule has 1 aromatic carbocycles. The van der Waals surface area contributed by atoms with Crippen molar-refractivity contribution in [2.75, 3.05) is 18.6 Å². The van der Waals surface area contributed by atoms with Crippen LogP contribution in [0.15, 0.2) is 30.9 Å². The highest BCUT2D eigenvalue weighted by Gasteiger charge is 2.32. The Morgan fingerprint density at radius 3 is 3.06 bits per heavy atom. The van der Waals surface area contributed by atoms with Gasteiger partial charge in [0.05, 0.1) is 12.8 Å². The molecule has 96 valence electrons. The summed E-state index contributed by atoms with van der Waals surface area (Å²) in [4.78, 5) is 13.6. The van der Waals surface area contributed by atoms with Crippen LogP contribution in [0.2, 0.25) is 0 Å². The minimum Gasteiger partial charge on any atom is -0.497 e. The van der Waals surface area contributed by atoms with Crippen LogP contribution in [0.4, 0.5) is 10.5 Å². The molecule has 0 N–H and O–H groups in total. The molecule has 0 bridgehead atoms. The maximum Gasteiger partial charge on any atom is 0.414 e. The van der Waals surface area contributed by atoms with Gasteiger partial charge in [0, 0.05) is 6.04 Å². The number of benzene rings is 1. The average Bonchev–Trinajstić information content (AvgIpc) is 2.70. The molecule has 1 aliphatic rings. The fourth-order valence-corrected chi connectivity index (χ4v) is 2.21. The topological polar surface area (TPSA) is 38.8 Å². The van der Waals surface area contributed by atoms with Crippen LogP contribution in [-0.2, 0) is 11.2 Å². The number of hydrogen-bond donors (Lipinski definition) is 0. The first-order valence-electron chi connectivity index (χ1n) is 5.91. The molecule has 4 heteroatoms. The van der Waals surface area contributed by atoms with E-state index in [-0.39, 0.29) is 18.7 Å². The maximum atomic E-state index is 12.0. The summed E-state index contributed by atoms with van der Waals surface area (Å²) >= 11 is 0. The standard InChI is InChI=1S/C14H17NO3/c1-4-7-18-14(16)15-10(2)8-11-9-12(17-3)5-6-13(11)15/h4-6,9-10H,1,7-8H2,2-3H3/t10-/m1/s1. The minimum atomic E-state index is -0.327. The number of rotatable bonds is 3. The largest absolute Gasteiger partial charge is 0.497 e. The van der Waals surface area contributed by atoms with Gasteiger partial charge in [-0.3, -0.25) is 4.90 Å². The Labute approximate surface area is 107 Å². The Morgan fingerprint density at radius 1 is 1.61 bits per heavy atom. The van der Waals surface area contributed by atoms with E-state index in [0.717, 1.165) is 23.4 Å². The Balaban J connectivity index is 2.24. The quantitative estimate of drug-likeness (QED) is 0.771. The lowest BCUT2D eigenvalue weighted by Gasteiger charge is -2.21.